The van der Waals surface area contributed by atoms with Crippen LogP contribution in [0.3, 0.4) is 0 Å². The van der Waals surface area contributed by atoms with Gasteiger partial charge in [0.25, 0.3) is 0 Å². The van der Waals surface area contributed by atoms with Crippen molar-refractivity contribution in [2.24, 2.45) is 0 Å². The molecule has 0 aromatic heterocycles. The van der Waals surface area contributed by atoms with Crippen LogP contribution in [0.15, 0.2) is 47.4 Å². The Kier molecular flexibility index (Phi) is 5.36. The maximum absolute atomic E-state index is 12.9. The summed E-state index contributed by atoms with van der Waals surface area (Å²) in [4.78, 5) is 16.0. The van der Waals surface area contributed by atoms with Crippen molar-refractivity contribution >= 4 is 27.3 Å². The Morgan fingerprint density at radius 3 is 2.38 bits per heavy atom. The predicted molar refractivity (Wildman–Crippen MR) is 115 cm³/mol. The minimum absolute atomic E-state index is 0.0235. The molecule has 0 aliphatic carbocycles. The van der Waals surface area contributed by atoms with E-state index in [2.05, 4.69) is 21.8 Å². The highest BCUT2D eigenvalue weighted by atomic mass is 32.2. The molecule has 1 amide bonds. The molecule has 154 valence electrons. The Balaban J connectivity index is 1.48. The van der Waals surface area contributed by atoms with Gasteiger partial charge >= 0.3 is 0 Å². The summed E-state index contributed by atoms with van der Waals surface area (Å²) >= 11 is 0. The molecule has 2 aromatic carbocycles. The first-order valence-corrected chi connectivity index (χ1v) is 11.6. The average molecular weight is 414 g/mol. The number of nitrogens with zero attached hydrogens (tertiary/aromatic N) is 2. The summed E-state index contributed by atoms with van der Waals surface area (Å²) in [5, 5.41) is 0. The fourth-order valence-electron chi connectivity index (χ4n) is 4.11. The molecule has 0 bridgehead atoms. The SMILES string of the molecule is CC(NS(=O)(=O)c1ccc2c(c1)CC(=O)N2C)c1ccc(N2CCCCC2)cc1. The first-order chi connectivity index (χ1) is 13.8. The molecule has 2 aromatic rings. The molecule has 0 radical (unpaired) electrons. The van der Waals surface area contributed by atoms with Crippen molar-refractivity contribution in [3.05, 3.63) is 53.6 Å². The number of hydrogen-bond acceptors (Lipinski definition) is 4. The molecule has 1 N–H and O–H groups in total. The van der Waals surface area contributed by atoms with E-state index in [9.17, 15) is 13.2 Å². The predicted octanol–water partition coefficient (Wildman–Crippen LogP) is 3.24. The lowest BCUT2D eigenvalue weighted by Gasteiger charge is -2.29. The molecule has 1 fully saturated rings. The number of benzene rings is 2. The van der Waals surface area contributed by atoms with Crippen molar-refractivity contribution < 1.29 is 13.2 Å². The first-order valence-electron chi connectivity index (χ1n) is 10.1. The molecule has 4 rings (SSSR count). The second-order valence-electron chi connectivity index (χ2n) is 7.90. The Morgan fingerprint density at radius 2 is 1.69 bits per heavy atom. The summed E-state index contributed by atoms with van der Waals surface area (Å²) in [6.45, 7) is 4.01. The van der Waals surface area contributed by atoms with Gasteiger partial charge in [-0.05, 0) is 67.6 Å². The average Bonchev–Trinajstić information content (AvgIpc) is 3.01. The molecule has 2 heterocycles. The Hall–Kier alpha value is -2.38. The summed E-state index contributed by atoms with van der Waals surface area (Å²) in [7, 11) is -1.98. The lowest BCUT2D eigenvalue weighted by Crippen LogP contribution is -2.29. The van der Waals surface area contributed by atoms with Crippen LogP contribution in [0.4, 0.5) is 11.4 Å². The van der Waals surface area contributed by atoms with Gasteiger partial charge < -0.3 is 9.80 Å². The highest BCUT2D eigenvalue weighted by molar-refractivity contribution is 7.89. The van der Waals surface area contributed by atoms with Gasteiger partial charge in [-0.25, -0.2) is 13.1 Å². The number of rotatable bonds is 5. The molecular weight excluding hydrogens is 386 g/mol. The maximum Gasteiger partial charge on any atom is 0.241 e. The molecule has 6 nitrogen and oxygen atoms in total. The van der Waals surface area contributed by atoms with Gasteiger partial charge in [0.2, 0.25) is 15.9 Å². The zero-order chi connectivity index (χ0) is 20.6. The van der Waals surface area contributed by atoms with E-state index in [0.717, 1.165) is 29.9 Å². The fraction of sp³-hybridized carbons (Fsp3) is 0.409. The second kappa shape index (κ2) is 7.80. The molecular formula is C22H27N3O3S. The third-order valence-corrected chi connectivity index (χ3v) is 7.42. The Labute approximate surface area is 172 Å². The van der Waals surface area contributed by atoms with Crippen molar-refractivity contribution in [2.75, 3.05) is 29.9 Å². The third-order valence-electron chi connectivity index (χ3n) is 5.88. The number of carbonyl (C=O) groups is 1. The van der Waals surface area contributed by atoms with Crippen LogP contribution in [0, 0.1) is 0 Å². The van der Waals surface area contributed by atoms with Crippen LogP contribution in [0.1, 0.15) is 43.4 Å². The van der Waals surface area contributed by atoms with Crippen LogP contribution < -0.4 is 14.5 Å². The van der Waals surface area contributed by atoms with Gasteiger partial charge in [-0.1, -0.05) is 12.1 Å². The smallest absolute Gasteiger partial charge is 0.241 e. The molecule has 1 saturated heterocycles. The van der Waals surface area contributed by atoms with Gasteiger partial charge in [0.15, 0.2) is 0 Å². The van der Waals surface area contributed by atoms with E-state index >= 15 is 0 Å². The summed E-state index contributed by atoms with van der Waals surface area (Å²) in [5.41, 5.74) is 3.63. The molecule has 2 aliphatic rings. The normalized spacial score (nSPS) is 18.1. The van der Waals surface area contributed by atoms with Crippen LogP contribution >= 0.6 is 0 Å². The van der Waals surface area contributed by atoms with Crippen molar-refractivity contribution in [3.63, 3.8) is 0 Å². The summed E-state index contributed by atoms with van der Waals surface area (Å²) in [5.74, 6) is -0.0235. The highest BCUT2D eigenvalue weighted by Gasteiger charge is 2.27. The standard InChI is InChI=1S/C22H27N3O3S/c1-16(17-6-8-19(9-7-17)25-12-4-3-5-13-25)23-29(27,28)20-10-11-21-18(14-20)15-22(26)24(21)2/h6-11,14,16,23H,3-5,12-13,15H2,1-2H3. The third kappa shape index (κ3) is 4.02. The zero-order valence-electron chi connectivity index (χ0n) is 16.9. The quantitative estimate of drug-likeness (QED) is 0.817. The highest BCUT2D eigenvalue weighted by Crippen LogP contribution is 2.30. The minimum atomic E-state index is -3.69. The van der Waals surface area contributed by atoms with E-state index in [1.165, 1.54) is 24.9 Å². The van der Waals surface area contributed by atoms with Crippen LogP contribution in [0.25, 0.3) is 0 Å². The van der Waals surface area contributed by atoms with Gasteiger partial charge in [-0.3, -0.25) is 4.79 Å². The van der Waals surface area contributed by atoms with Crippen LogP contribution in [0.5, 0.6) is 0 Å². The summed E-state index contributed by atoms with van der Waals surface area (Å²) in [6.07, 6.45) is 3.98. The van der Waals surface area contributed by atoms with Crippen LogP contribution in [-0.4, -0.2) is 34.5 Å². The number of anilines is 2. The number of hydrogen-bond donors (Lipinski definition) is 1. The van der Waals surface area contributed by atoms with E-state index in [0.29, 0.717) is 0 Å². The topological polar surface area (TPSA) is 69.7 Å². The molecule has 2 aliphatic heterocycles. The number of sulfonamides is 1. The van der Waals surface area contributed by atoms with E-state index in [1.54, 1.807) is 30.1 Å². The number of fused-ring (bicyclic) bond motifs is 1. The van der Waals surface area contributed by atoms with Gasteiger partial charge in [0.05, 0.1) is 11.3 Å². The lowest BCUT2D eigenvalue weighted by atomic mass is 10.1. The molecule has 0 saturated carbocycles. The van der Waals surface area contributed by atoms with Crippen LogP contribution in [-0.2, 0) is 21.2 Å². The van der Waals surface area contributed by atoms with E-state index in [4.69, 9.17) is 0 Å². The summed E-state index contributed by atoms with van der Waals surface area (Å²) in [6, 6.07) is 12.6. The molecule has 1 atom stereocenters. The van der Waals surface area contributed by atoms with E-state index < -0.39 is 10.0 Å². The number of piperidine rings is 1. The van der Waals surface area contributed by atoms with Crippen molar-refractivity contribution in [1.82, 2.24) is 4.72 Å². The van der Waals surface area contributed by atoms with Crippen LogP contribution in [0.2, 0.25) is 0 Å². The zero-order valence-corrected chi connectivity index (χ0v) is 17.7. The second-order valence-corrected chi connectivity index (χ2v) is 9.62. The van der Waals surface area contributed by atoms with E-state index in [1.807, 2.05) is 19.1 Å². The number of carbonyl (C=O) groups excluding carboxylic acids is 1. The van der Waals surface area contributed by atoms with Crippen molar-refractivity contribution in [2.45, 2.75) is 43.5 Å². The minimum Gasteiger partial charge on any atom is -0.372 e. The van der Waals surface area contributed by atoms with Crippen molar-refractivity contribution in [1.29, 1.82) is 0 Å². The lowest BCUT2D eigenvalue weighted by molar-refractivity contribution is -0.117. The number of nitrogens with one attached hydrogen (secondary N) is 1. The largest absolute Gasteiger partial charge is 0.372 e. The van der Waals surface area contributed by atoms with Gasteiger partial charge in [0, 0.05) is 37.6 Å². The first kappa shape index (κ1) is 19.9. The molecule has 1 unspecified atom stereocenters. The maximum atomic E-state index is 12.9. The summed E-state index contributed by atoms with van der Waals surface area (Å²) < 4.78 is 28.5. The molecule has 0 spiro atoms. The number of likely N-dealkylation sites (N-methyl/N-ethyl adjacent to an activating group) is 1. The molecule has 29 heavy (non-hydrogen) atoms. The number of amides is 1. The van der Waals surface area contributed by atoms with E-state index in [-0.39, 0.29) is 23.3 Å². The van der Waals surface area contributed by atoms with Gasteiger partial charge in [-0.15, -0.1) is 0 Å². The Morgan fingerprint density at radius 1 is 1.00 bits per heavy atom. The molecule has 7 heteroatoms. The van der Waals surface area contributed by atoms with Gasteiger partial charge in [-0.2, -0.15) is 0 Å². The monoisotopic (exact) mass is 413 g/mol. The van der Waals surface area contributed by atoms with Gasteiger partial charge in [0.1, 0.15) is 0 Å². The Bertz CT molecular complexity index is 1010. The fourth-order valence-corrected chi connectivity index (χ4v) is 5.39. The van der Waals surface area contributed by atoms with Crippen molar-refractivity contribution in [3.8, 4) is 0 Å².